The maximum absolute atomic E-state index is 12.8. The van der Waals surface area contributed by atoms with Crippen molar-refractivity contribution < 1.29 is 33.3 Å². The lowest BCUT2D eigenvalue weighted by atomic mass is 9.79. The summed E-state index contributed by atoms with van der Waals surface area (Å²) < 4.78 is 23.3. The second kappa shape index (κ2) is 17.7. The Morgan fingerprint density at radius 1 is 1.02 bits per heavy atom. The first-order valence-electron chi connectivity index (χ1n) is 14.9. The van der Waals surface area contributed by atoms with Crippen LogP contribution in [0.1, 0.15) is 90.4 Å². The summed E-state index contributed by atoms with van der Waals surface area (Å²) in [6.07, 6.45) is 1.31. The van der Waals surface area contributed by atoms with Gasteiger partial charge in [0.1, 0.15) is 17.5 Å². The molecule has 1 saturated heterocycles. The number of nitrogens with one attached hydrogen (secondary N) is 1. The van der Waals surface area contributed by atoms with Gasteiger partial charge in [0.05, 0.1) is 24.8 Å². The van der Waals surface area contributed by atoms with Gasteiger partial charge < -0.3 is 24.3 Å². The Morgan fingerprint density at radius 2 is 1.74 bits per heavy atom. The van der Waals surface area contributed by atoms with Crippen LogP contribution in [0.25, 0.3) is 10.4 Å². The monoisotopic (exact) mass is 588 g/mol. The molecule has 0 saturated carbocycles. The Bertz CT molecular complexity index is 1040. The number of esters is 1. The molecule has 1 N–H and O–H groups in total. The number of unbranched alkanes of at least 4 members (excludes halogenated alkanes) is 2. The number of azide groups is 1. The van der Waals surface area contributed by atoms with E-state index in [2.05, 4.69) is 29.2 Å². The molecular weight excluding hydrogens is 540 g/mol. The first-order chi connectivity index (χ1) is 19.9. The molecule has 1 amide bonds. The standard InChI is InChI=1S/C31H48N4O7/c1-21-22(2)27(19-34-35-32)41-29(23(21)3)39-20-26(40-28(37)24-13-9-7-10-14-24)17-16-25(36)15-11-8-12-18-33-30(38)42-31(4,5)6/h7,9-10,13-14,21-23,26-27,29H,8,11-12,15-20H2,1-6H3,(H,33,38). The Labute approximate surface area is 249 Å². The molecule has 42 heavy (non-hydrogen) atoms. The lowest BCUT2D eigenvalue weighted by molar-refractivity contribution is -0.251. The molecule has 0 radical (unpaired) electrons. The largest absolute Gasteiger partial charge is 0.456 e. The number of ketones is 1. The fourth-order valence-electron chi connectivity index (χ4n) is 4.75. The molecular formula is C31H48N4O7. The maximum Gasteiger partial charge on any atom is 0.407 e. The Balaban J connectivity index is 1.87. The van der Waals surface area contributed by atoms with Gasteiger partial charge in [0.2, 0.25) is 0 Å². The molecule has 1 aliphatic rings. The normalized spacial score (nSPS) is 22.9. The molecule has 2 rings (SSSR count). The molecule has 1 aromatic carbocycles. The third-order valence-electron chi connectivity index (χ3n) is 7.58. The smallest absolute Gasteiger partial charge is 0.407 e. The topological polar surface area (TPSA) is 149 Å². The van der Waals surface area contributed by atoms with Crippen LogP contribution < -0.4 is 5.32 Å². The molecule has 1 aromatic rings. The summed E-state index contributed by atoms with van der Waals surface area (Å²) >= 11 is 0. The van der Waals surface area contributed by atoms with Gasteiger partial charge in [-0.05, 0) is 69.5 Å². The van der Waals surface area contributed by atoms with E-state index in [1.165, 1.54) is 0 Å². The molecule has 11 nitrogen and oxygen atoms in total. The minimum absolute atomic E-state index is 0.0687. The number of carbonyl (C=O) groups is 3. The highest BCUT2D eigenvalue weighted by Crippen LogP contribution is 2.35. The second-order valence-corrected chi connectivity index (χ2v) is 12.1. The number of rotatable bonds is 16. The SMILES string of the molecule is CC1C(CN=[N+]=[N-])OC(OCC(CCC(=O)CCCCCNC(=O)OC(C)(C)C)OC(=O)c2ccccc2)C(C)C1C. The van der Waals surface area contributed by atoms with E-state index in [-0.39, 0.29) is 49.2 Å². The van der Waals surface area contributed by atoms with Crippen molar-refractivity contribution >= 4 is 17.8 Å². The molecule has 0 aliphatic carbocycles. The molecule has 1 heterocycles. The van der Waals surface area contributed by atoms with Gasteiger partial charge in [0, 0.05) is 30.2 Å². The van der Waals surface area contributed by atoms with Crippen LogP contribution in [0, 0.1) is 17.8 Å². The van der Waals surface area contributed by atoms with Gasteiger partial charge in [-0.25, -0.2) is 9.59 Å². The van der Waals surface area contributed by atoms with Gasteiger partial charge in [-0.1, -0.05) is 50.5 Å². The van der Waals surface area contributed by atoms with Crippen LogP contribution in [0.2, 0.25) is 0 Å². The molecule has 0 aromatic heterocycles. The summed E-state index contributed by atoms with van der Waals surface area (Å²) in [6.45, 7) is 12.5. The van der Waals surface area contributed by atoms with E-state index >= 15 is 0 Å². The van der Waals surface area contributed by atoms with Gasteiger partial charge in [0.25, 0.3) is 0 Å². The lowest BCUT2D eigenvalue weighted by Gasteiger charge is -2.43. The summed E-state index contributed by atoms with van der Waals surface area (Å²) in [5, 5.41) is 6.41. The van der Waals surface area contributed by atoms with Crippen molar-refractivity contribution in [2.45, 2.75) is 104 Å². The van der Waals surface area contributed by atoms with Crippen LogP contribution in [0.5, 0.6) is 0 Å². The molecule has 0 spiro atoms. The minimum atomic E-state index is -0.638. The number of Topliss-reactive ketones (excluding diaryl/α,β-unsaturated/α-hetero) is 1. The van der Waals surface area contributed by atoms with Crippen molar-refractivity contribution in [3.8, 4) is 0 Å². The highest BCUT2D eigenvalue weighted by molar-refractivity contribution is 5.89. The van der Waals surface area contributed by atoms with Crippen LogP contribution in [-0.4, -0.2) is 61.6 Å². The second-order valence-electron chi connectivity index (χ2n) is 12.1. The first kappa shape index (κ1) is 35.1. The predicted molar refractivity (Wildman–Crippen MR) is 159 cm³/mol. The Morgan fingerprint density at radius 3 is 2.40 bits per heavy atom. The number of benzene rings is 1. The fourth-order valence-corrected chi connectivity index (χ4v) is 4.75. The highest BCUT2D eigenvalue weighted by Gasteiger charge is 2.39. The van der Waals surface area contributed by atoms with Gasteiger partial charge in [0.15, 0.2) is 6.29 Å². The van der Waals surface area contributed by atoms with Gasteiger partial charge in [-0.3, -0.25) is 4.79 Å². The summed E-state index contributed by atoms with van der Waals surface area (Å²) in [4.78, 5) is 40.0. The lowest BCUT2D eigenvalue weighted by Crippen LogP contribution is -2.47. The van der Waals surface area contributed by atoms with Gasteiger partial charge in [-0.2, -0.15) is 0 Å². The molecule has 1 aliphatic heterocycles. The Hall–Kier alpha value is -3.14. The quantitative estimate of drug-likeness (QED) is 0.0751. The van der Waals surface area contributed by atoms with E-state index in [4.69, 9.17) is 24.5 Å². The van der Waals surface area contributed by atoms with Crippen molar-refractivity contribution in [3.63, 3.8) is 0 Å². The fraction of sp³-hybridized carbons (Fsp3) is 0.710. The molecule has 6 unspecified atom stereocenters. The van der Waals surface area contributed by atoms with E-state index in [1.54, 1.807) is 24.3 Å². The number of nitrogens with zero attached hydrogens (tertiary/aromatic N) is 3. The number of hydrogen-bond donors (Lipinski definition) is 1. The van der Waals surface area contributed by atoms with E-state index in [0.717, 1.165) is 12.8 Å². The molecule has 6 atom stereocenters. The number of hydrogen-bond acceptors (Lipinski definition) is 8. The zero-order valence-electron chi connectivity index (χ0n) is 25.9. The van der Waals surface area contributed by atoms with Crippen LogP contribution in [-0.2, 0) is 23.7 Å². The zero-order valence-corrected chi connectivity index (χ0v) is 25.9. The average molecular weight is 589 g/mol. The van der Waals surface area contributed by atoms with Crippen molar-refractivity contribution in [1.82, 2.24) is 5.32 Å². The van der Waals surface area contributed by atoms with E-state index in [9.17, 15) is 14.4 Å². The first-order valence-corrected chi connectivity index (χ1v) is 14.9. The van der Waals surface area contributed by atoms with Crippen molar-refractivity contribution in [1.29, 1.82) is 0 Å². The minimum Gasteiger partial charge on any atom is -0.456 e. The van der Waals surface area contributed by atoms with Crippen LogP contribution in [0.3, 0.4) is 0 Å². The molecule has 0 bridgehead atoms. The summed E-state index contributed by atoms with van der Waals surface area (Å²) in [7, 11) is 0. The van der Waals surface area contributed by atoms with Crippen LogP contribution in [0.15, 0.2) is 35.4 Å². The number of amides is 1. The summed E-state index contributed by atoms with van der Waals surface area (Å²) in [5.41, 5.74) is 8.63. The molecule has 1 fully saturated rings. The molecule has 11 heteroatoms. The van der Waals surface area contributed by atoms with Crippen LogP contribution in [0.4, 0.5) is 4.79 Å². The van der Waals surface area contributed by atoms with Gasteiger partial charge in [-0.15, -0.1) is 0 Å². The van der Waals surface area contributed by atoms with Crippen molar-refractivity contribution in [2.24, 2.45) is 22.9 Å². The molecule has 234 valence electrons. The number of alkyl carbamates (subject to hydrolysis) is 1. The summed E-state index contributed by atoms with van der Waals surface area (Å²) in [6, 6.07) is 8.70. The zero-order chi connectivity index (χ0) is 31.1. The third kappa shape index (κ3) is 12.8. The predicted octanol–water partition coefficient (Wildman–Crippen LogP) is 6.61. The Kier molecular flexibility index (Phi) is 14.8. The highest BCUT2D eigenvalue weighted by atomic mass is 16.7. The van der Waals surface area contributed by atoms with Gasteiger partial charge >= 0.3 is 12.1 Å². The van der Waals surface area contributed by atoms with Crippen LogP contribution >= 0.6 is 0 Å². The average Bonchev–Trinajstić information content (AvgIpc) is 2.94. The van der Waals surface area contributed by atoms with Crippen molar-refractivity contribution in [3.05, 3.63) is 46.3 Å². The van der Waals surface area contributed by atoms with E-state index in [0.29, 0.717) is 31.4 Å². The maximum atomic E-state index is 12.8. The van der Waals surface area contributed by atoms with E-state index < -0.39 is 30.1 Å². The van der Waals surface area contributed by atoms with Crippen molar-refractivity contribution in [2.75, 3.05) is 19.7 Å². The number of ether oxygens (including phenoxy) is 4. The third-order valence-corrected chi connectivity index (χ3v) is 7.58. The summed E-state index contributed by atoms with van der Waals surface area (Å²) in [5.74, 6) is 0.112. The van der Waals surface area contributed by atoms with E-state index in [1.807, 2.05) is 33.8 Å². The number of carbonyl (C=O) groups excluding carboxylic acids is 3.